The zero-order valence-electron chi connectivity index (χ0n) is 18.6. The van der Waals surface area contributed by atoms with Crippen LogP contribution in [0, 0.1) is 34.5 Å². The Kier molecular flexibility index (Phi) is 6.45. The third-order valence-corrected chi connectivity index (χ3v) is 6.60. The quantitative estimate of drug-likeness (QED) is 0.764. The molecule has 2 atom stereocenters. The zero-order valence-corrected chi connectivity index (χ0v) is 18.6. The monoisotopic (exact) mass is 450 g/mol. The number of alkyl halides is 3. The molecule has 9 heteroatoms. The number of benzene rings is 1. The van der Waals surface area contributed by atoms with Crippen LogP contribution >= 0.6 is 0 Å². The number of anilines is 1. The van der Waals surface area contributed by atoms with Crippen molar-refractivity contribution in [2.45, 2.75) is 39.8 Å². The van der Waals surface area contributed by atoms with Gasteiger partial charge < -0.3 is 15.5 Å². The van der Waals surface area contributed by atoms with Crippen LogP contribution in [0.4, 0.5) is 18.9 Å². The Bertz CT molecular complexity index is 925. The molecule has 2 heterocycles. The molecule has 0 spiro atoms. The smallest absolute Gasteiger partial charge is 0.372 e. The molecule has 32 heavy (non-hydrogen) atoms. The molecule has 0 unspecified atom stereocenters. The van der Waals surface area contributed by atoms with Gasteiger partial charge in [0.05, 0.1) is 23.1 Å². The van der Waals surface area contributed by atoms with Crippen molar-refractivity contribution in [2.24, 2.45) is 28.9 Å². The lowest BCUT2D eigenvalue weighted by molar-refractivity contribution is -0.139. The van der Waals surface area contributed by atoms with Gasteiger partial charge in [0.2, 0.25) is 11.8 Å². The minimum atomic E-state index is -4.60. The van der Waals surface area contributed by atoms with E-state index in [-0.39, 0.29) is 17.7 Å². The first-order valence-corrected chi connectivity index (χ1v) is 10.8. The summed E-state index contributed by atoms with van der Waals surface area (Å²) < 4.78 is 39.9. The fraction of sp³-hybridized carbons (Fsp3) is 0.609. The summed E-state index contributed by atoms with van der Waals surface area (Å²) in [6, 6.07) is 5.38. The van der Waals surface area contributed by atoms with Crippen LogP contribution in [-0.4, -0.2) is 42.9 Å². The van der Waals surface area contributed by atoms with Crippen LogP contribution in [0.1, 0.15) is 44.7 Å². The highest BCUT2D eigenvalue weighted by atomic mass is 19.4. The largest absolute Gasteiger partial charge is 0.417 e. The van der Waals surface area contributed by atoms with Crippen molar-refractivity contribution in [3.63, 3.8) is 0 Å². The van der Waals surface area contributed by atoms with Crippen molar-refractivity contribution >= 4 is 17.5 Å². The van der Waals surface area contributed by atoms with E-state index in [9.17, 15) is 22.8 Å². The first-order valence-electron chi connectivity index (χ1n) is 10.8. The maximum Gasteiger partial charge on any atom is 0.417 e. The molecule has 1 aromatic rings. The fourth-order valence-corrected chi connectivity index (χ4v) is 4.89. The summed E-state index contributed by atoms with van der Waals surface area (Å²) in [5, 5.41) is 8.99. The first-order chi connectivity index (χ1) is 14.8. The van der Waals surface area contributed by atoms with Crippen molar-refractivity contribution in [1.29, 1.82) is 5.26 Å². The summed E-state index contributed by atoms with van der Waals surface area (Å²) in [4.78, 5) is 28.4. The third kappa shape index (κ3) is 4.84. The van der Waals surface area contributed by atoms with Gasteiger partial charge in [0.1, 0.15) is 0 Å². The van der Waals surface area contributed by atoms with Crippen LogP contribution in [0.25, 0.3) is 0 Å². The molecule has 2 aliphatic heterocycles. The molecule has 1 aromatic carbocycles. The minimum Gasteiger partial charge on any atom is -0.372 e. The maximum absolute atomic E-state index is 13.3. The number of nitrogens with zero attached hydrogens (tertiary/aromatic N) is 3. The summed E-state index contributed by atoms with van der Waals surface area (Å²) >= 11 is 0. The second-order valence-corrected chi connectivity index (χ2v) is 9.80. The summed E-state index contributed by atoms with van der Waals surface area (Å²) in [7, 11) is 0. The van der Waals surface area contributed by atoms with Gasteiger partial charge in [-0.25, -0.2) is 0 Å². The van der Waals surface area contributed by atoms with Crippen LogP contribution < -0.4 is 10.6 Å². The van der Waals surface area contributed by atoms with Crippen molar-refractivity contribution < 1.29 is 22.8 Å². The van der Waals surface area contributed by atoms with E-state index < -0.39 is 34.5 Å². The average Bonchev–Trinajstić information content (AvgIpc) is 3.17. The molecule has 0 bridgehead atoms. The second kappa shape index (κ2) is 8.64. The van der Waals surface area contributed by atoms with Crippen LogP contribution in [0.3, 0.4) is 0 Å². The van der Waals surface area contributed by atoms with Gasteiger partial charge in [-0.1, -0.05) is 20.8 Å². The number of rotatable bonds is 3. The van der Waals surface area contributed by atoms with Crippen LogP contribution in [0.15, 0.2) is 18.2 Å². The lowest BCUT2D eigenvalue weighted by Crippen LogP contribution is -2.40. The topological polar surface area (TPSA) is 90.4 Å². The Morgan fingerprint density at radius 1 is 1.12 bits per heavy atom. The Morgan fingerprint density at radius 2 is 1.75 bits per heavy atom. The van der Waals surface area contributed by atoms with Crippen molar-refractivity contribution in [3.05, 3.63) is 29.3 Å². The van der Waals surface area contributed by atoms with Gasteiger partial charge in [-0.15, -0.1) is 0 Å². The third-order valence-electron chi connectivity index (χ3n) is 6.60. The molecular formula is C23H29F3N4O2. The predicted molar refractivity (Wildman–Crippen MR) is 113 cm³/mol. The molecule has 2 aliphatic rings. The molecule has 0 radical (unpaired) electrons. The van der Waals surface area contributed by atoms with Gasteiger partial charge in [0.25, 0.3) is 0 Å². The highest BCUT2D eigenvalue weighted by Gasteiger charge is 2.45. The summed E-state index contributed by atoms with van der Waals surface area (Å²) in [6.07, 6.45) is -3.22. The Labute approximate surface area is 186 Å². The molecule has 2 fully saturated rings. The summed E-state index contributed by atoms with van der Waals surface area (Å²) in [5.41, 5.74) is 4.20. The number of primary amides is 1. The number of nitrogens with two attached hydrogens (primary N) is 1. The number of piperidine rings is 1. The Morgan fingerprint density at radius 3 is 2.25 bits per heavy atom. The number of amides is 2. The van der Waals surface area contributed by atoms with Crippen molar-refractivity contribution in [2.75, 3.05) is 31.1 Å². The average molecular weight is 451 g/mol. The minimum absolute atomic E-state index is 0.0130. The number of hydrogen-bond acceptors (Lipinski definition) is 4. The molecular weight excluding hydrogens is 421 g/mol. The van der Waals surface area contributed by atoms with Gasteiger partial charge in [-0.05, 0) is 42.9 Å². The highest BCUT2D eigenvalue weighted by Crippen LogP contribution is 2.39. The summed E-state index contributed by atoms with van der Waals surface area (Å²) in [6.45, 7) is 7.38. The SMILES string of the molecule is CC(C)(C)C(=O)N1C[C@@H](C(N)=O)[C@H](C2CCN(c3ccc(C#N)c(C(F)(F)F)c3)CC2)C1. The molecule has 0 aromatic heterocycles. The van der Waals surface area contributed by atoms with Crippen LogP contribution in [-0.2, 0) is 15.8 Å². The van der Waals surface area contributed by atoms with E-state index in [1.807, 2.05) is 25.7 Å². The van der Waals surface area contributed by atoms with E-state index in [0.717, 1.165) is 6.07 Å². The zero-order chi connectivity index (χ0) is 23.8. The van der Waals surface area contributed by atoms with Gasteiger partial charge in [-0.2, -0.15) is 18.4 Å². The van der Waals surface area contributed by atoms with Gasteiger partial charge in [0.15, 0.2) is 0 Å². The van der Waals surface area contributed by atoms with Gasteiger partial charge >= 0.3 is 6.18 Å². The number of halogens is 3. The second-order valence-electron chi connectivity index (χ2n) is 9.80. The van der Waals surface area contributed by atoms with Crippen LogP contribution in [0.2, 0.25) is 0 Å². The lowest BCUT2D eigenvalue weighted by Gasteiger charge is -2.37. The van der Waals surface area contributed by atoms with Crippen LogP contribution in [0.5, 0.6) is 0 Å². The van der Waals surface area contributed by atoms with E-state index in [1.54, 1.807) is 17.0 Å². The number of carbonyl (C=O) groups excluding carboxylic acids is 2. The van der Waals surface area contributed by atoms with Gasteiger partial charge in [0, 0.05) is 37.3 Å². The van der Waals surface area contributed by atoms with Crippen molar-refractivity contribution in [3.8, 4) is 6.07 Å². The fourth-order valence-electron chi connectivity index (χ4n) is 4.89. The Hall–Kier alpha value is -2.76. The maximum atomic E-state index is 13.3. The Balaban J connectivity index is 1.72. The standard InChI is InChI=1S/C23H29F3N4O2/c1-22(2,3)21(32)30-12-17(18(13-30)20(28)31)14-6-8-29(9-7-14)16-5-4-15(11-27)19(10-16)23(24,25)26/h4-5,10,14,17-18H,6-9,12-13H2,1-3H3,(H2,28,31)/t17-,18+/m0/s1. The van der Waals surface area contributed by atoms with E-state index >= 15 is 0 Å². The van der Waals surface area contributed by atoms with E-state index in [4.69, 9.17) is 11.0 Å². The molecule has 0 saturated carbocycles. The molecule has 0 aliphatic carbocycles. The lowest BCUT2D eigenvalue weighted by atomic mass is 9.78. The number of nitriles is 1. The highest BCUT2D eigenvalue weighted by molar-refractivity contribution is 5.84. The number of likely N-dealkylation sites (tertiary alicyclic amines) is 1. The van der Waals surface area contributed by atoms with Crippen molar-refractivity contribution in [1.82, 2.24) is 4.90 Å². The summed E-state index contributed by atoms with van der Waals surface area (Å²) in [5.74, 6) is -0.733. The van der Waals surface area contributed by atoms with E-state index in [0.29, 0.717) is 44.7 Å². The molecule has 174 valence electrons. The molecule has 2 amide bonds. The predicted octanol–water partition coefficient (Wildman–Crippen LogP) is 3.40. The molecule has 3 rings (SSSR count). The number of carbonyl (C=O) groups is 2. The number of hydrogen-bond donors (Lipinski definition) is 1. The molecule has 2 saturated heterocycles. The van der Waals surface area contributed by atoms with Gasteiger partial charge in [-0.3, -0.25) is 9.59 Å². The molecule has 6 nitrogen and oxygen atoms in total. The first kappa shape index (κ1) is 23.9. The van der Waals surface area contributed by atoms with E-state index in [2.05, 4.69) is 0 Å². The normalized spacial score (nSPS) is 22.7. The molecule has 2 N–H and O–H groups in total. The van der Waals surface area contributed by atoms with E-state index in [1.165, 1.54) is 6.07 Å².